The van der Waals surface area contributed by atoms with Gasteiger partial charge in [0.25, 0.3) is 5.22 Å². The summed E-state index contributed by atoms with van der Waals surface area (Å²) in [5.74, 6) is -0.874. The molecule has 19 heavy (non-hydrogen) atoms. The maximum absolute atomic E-state index is 11.3. The summed E-state index contributed by atoms with van der Waals surface area (Å²) in [6.07, 6.45) is 0. The van der Waals surface area contributed by atoms with Gasteiger partial charge in [-0.2, -0.15) is 5.26 Å². The number of aromatic nitrogens is 3. The van der Waals surface area contributed by atoms with Gasteiger partial charge in [-0.15, -0.1) is 5.10 Å². The van der Waals surface area contributed by atoms with Crippen LogP contribution in [0.5, 0.6) is 0 Å². The molecule has 2 rings (SSSR count). The Kier molecular flexibility index (Phi) is 4.10. The third-order valence-electron chi connectivity index (χ3n) is 1.89. The fourth-order valence-corrected chi connectivity index (χ4v) is 1.82. The summed E-state index contributed by atoms with van der Waals surface area (Å²) in [6.45, 7) is 1.91. The second-order valence-corrected chi connectivity index (χ2v) is 4.14. The molecule has 0 aromatic carbocycles. The molecule has 0 atom stereocenters. The number of pyridine rings is 1. The first-order valence-corrected chi connectivity index (χ1v) is 6.10. The highest BCUT2D eigenvalue weighted by Crippen LogP contribution is 2.24. The molecule has 0 spiro atoms. The predicted molar refractivity (Wildman–Crippen MR) is 63.3 cm³/mol. The summed E-state index contributed by atoms with van der Waals surface area (Å²) >= 11 is 1.06. The van der Waals surface area contributed by atoms with Crippen LogP contribution >= 0.6 is 11.8 Å². The van der Waals surface area contributed by atoms with E-state index in [2.05, 4.69) is 15.2 Å². The number of hydrogen-bond acceptors (Lipinski definition) is 8. The van der Waals surface area contributed by atoms with Crippen LogP contribution in [0.15, 0.2) is 32.9 Å². The fourth-order valence-electron chi connectivity index (χ4n) is 1.15. The van der Waals surface area contributed by atoms with Crippen molar-refractivity contribution >= 4 is 17.7 Å². The third kappa shape index (κ3) is 3.29. The molecule has 2 aromatic rings. The van der Waals surface area contributed by atoms with Crippen LogP contribution in [0.3, 0.4) is 0 Å². The first kappa shape index (κ1) is 13.0. The molecule has 0 unspecified atom stereocenters. The van der Waals surface area contributed by atoms with Gasteiger partial charge in [0, 0.05) is 0 Å². The average Bonchev–Trinajstić information content (AvgIpc) is 2.88. The van der Waals surface area contributed by atoms with Gasteiger partial charge in [0.1, 0.15) is 16.8 Å². The van der Waals surface area contributed by atoms with Crippen molar-refractivity contribution in [2.24, 2.45) is 0 Å². The zero-order chi connectivity index (χ0) is 13.7. The molecule has 0 aliphatic carbocycles. The Morgan fingerprint density at radius 1 is 1.53 bits per heavy atom. The van der Waals surface area contributed by atoms with Gasteiger partial charge < -0.3 is 9.15 Å². The Morgan fingerprint density at radius 2 is 2.37 bits per heavy atom. The lowest BCUT2D eigenvalue weighted by molar-refractivity contribution is 0.0475. The molecule has 0 N–H and O–H groups in total. The Labute approximate surface area is 112 Å². The van der Waals surface area contributed by atoms with Gasteiger partial charge in [0.05, 0.1) is 6.61 Å². The minimum Gasteiger partial charge on any atom is -0.459 e. The largest absolute Gasteiger partial charge is 0.459 e. The molecule has 8 heteroatoms. The van der Waals surface area contributed by atoms with Crippen molar-refractivity contribution < 1.29 is 13.9 Å². The molecule has 0 aliphatic rings. The minimum absolute atomic E-state index is 0.158. The summed E-state index contributed by atoms with van der Waals surface area (Å²) in [6, 6.07) is 6.90. The number of carbonyl (C=O) groups is 1. The maximum atomic E-state index is 11.3. The molecule has 0 amide bonds. The number of carbonyl (C=O) groups excluding carboxylic acids is 1. The van der Waals surface area contributed by atoms with Crippen molar-refractivity contribution in [3.05, 3.63) is 29.8 Å². The van der Waals surface area contributed by atoms with Gasteiger partial charge in [-0.25, -0.2) is 9.78 Å². The maximum Gasteiger partial charge on any atom is 0.396 e. The van der Waals surface area contributed by atoms with Crippen LogP contribution in [-0.2, 0) is 4.74 Å². The van der Waals surface area contributed by atoms with Crippen molar-refractivity contribution in [2.45, 2.75) is 17.2 Å². The van der Waals surface area contributed by atoms with Crippen LogP contribution in [0.4, 0.5) is 0 Å². The lowest BCUT2D eigenvalue weighted by Gasteiger charge is -1.96. The quantitative estimate of drug-likeness (QED) is 0.777. The van der Waals surface area contributed by atoms with E-state index in [0.717, 1.165) is 11.8 Å². The van der Waals surface area contributed by atoms with Crippen LogP contribution in [-0.4, -0.2) is 27.8 Å². The summed E-state index contributed by atoms with van der Waals surface area (Å²) in [5, 5.41) is 16.7. The number of rotatable bonds is 4. The molecule has 0 bridgehead atoms. The van der Waals surface area contributed by atoms with E-state index >= 15 is 0 Å². The van der Waals surface area contributed by atoms with E-state index in [1.807, 2.05) is 6.07 Å². The second-order valence-electron chi connectivity index (χ2n) is 3.17. The number of nitriles is 1. The van der Waals surface area contributed by atoms with Gasteiger partial charge in [-0.3, -0.25) is 0 Å². The molecule has 0 saturated carbocycles. The predicted octanol–water partition coefficient (Wildman–Crippen LogP) is 1.66. The second kappa shape index (κ2) is 5.97. The number of ether oxygens (including phenoxy) is 1. The van der Waals surface area contributed by atoms with Gasteiger partial charge in [0.15, 0.2) is 0 Å². The number of hydrogen-bond donors (Lipinski definition) is 0. The Balaban J connectivity index is 2.11. The molecular formula is C11H8N4O3S. The van der Waals surface area contributed by atoms with Gasteiger partial charge >= 0.3 is 11.9 Å². The first-order chi connectivity index (χ1) is 9.22. The lowest BCUT2D eigenvalue weighted by Crippen LogP contribution is -2.04. The topological polar surface area (TPSA) is 102 Å². The highest BCUT2D eigenvalue weighted by Gasteiger charge is 2.16. The molecule has 0 radical (unpaired) electrons. The van der Waals surface area contributed by atoms with E-state index in [0.29, 0.717) is 5.03 Å². The highest BCUT2D eigenvalue weighted by molar-refractivity contribution is 7.99. The van der Waals surface area contributed by atoms with E-state index in [9.17, 15) is 4.79 Å². The molecule has 7 nitrogen and oxygen atoms in total. The van der Waals surface area contributed by atoms with Crippen molar-refractivity contribution in [3.63, 3.8) is 0 Å². The normalized spacial score (nSPS) is 9.89. The van der Waals surface area contributed by atoms with E-state index in [1.54, 1.807) is 25.1 Å². The smallest absolute Gasteiger partial charge is 0.396 e. The van der Waals surface area contributed by atoms with E-state index in [-0.39, 0.29) is 23.4 Å². The summed E-state index contributed by atoms with van der Waals surface area (Å²) in [5.41, 5.74) is 0.287. The number of esters is 1. The number of nitrogens with zero attached hydrogens (tertiary/aromatic N) is 4. The zero-order valence-electron chi connectivity index (χ0n) is 9.86. The van der Waals surface area contributed by atoms with Crippen LogP contribution in [0.2, 0.25) is 0 Å². The van der Waals surface area contributed by atoms with Crippen molar-refractivity contribution in [2.75, 3.05) is 6.61 Å². The Morgan fingerprint density at radius 3 is 3.11 bits per heavy atom. The first-order valence-electron chi connectivity index (χ1n) is 5.28. The Hall–Kier alpha value is -2.40. The van der Waals surface area contributed by atoms with Crippen LogP contribution in [0.25, 0.3) is 0 Å². The highest BCUT2D eigenvalue weighted by atomic mass is 32.2. The van der Waals surface area contributed by atoms with Crippen LogP contribution < -0.4 is 0 Å². The summed E-state index contributed by atoms with van der Waals surface area (Å²) < 4.78 is 9.84. The average molecular weight is 276 g/mol. The van der Waals surface area contributed by atoms with Crippen molar-refractivity contribution in [3.8, 4) is 6.07 Å². The van der Waals surface area contributed by atoms with Gasteiger partial charge in [-0.1, -0.05) is 11.2 Å². The summed E-state index contributed by atoms with van der Waals surface area (Å²) in [7, 11) is 0. The standard InChI is InChI=1S/C11H8N4O3S/c1-2-17-10(16)9-14-15-11(18-9)19-8-5-3-4-7(6-12)13-8/h3-5H,2H2,1H3. The fraction of sp³-hybridized carbons (Fsp3) is 0.182. The summed E-state index contributed by atoms with van der Waals surface area (Å²) in [4.78, 5) is 15.4. The van der Waals surface area contributed by atoms with Crippen molar-refractivity contribution in [1.82, 2.24) is 15.2 Å². The molecule has 0 aliphatic heterocycles. The SMILES string of the molecule is CCOC(=O)c1nnc(Sc2cccc(C#N)n2)o1. The minimum atomic E-state index is -0.666. The third-order valence-corrected chi connectivity index (χ3v) is 2.66. The zero-order valence-corrected chi connectivity index (χ0v) is 10.7. The monoisotopic (exact) mass is 276 g/mol. The molecule has 2 heterocycles. The Bertz CT molecular complexity index is 635. The van der Waals surface area contributed by atoms with Crippen LogP contribution in [0.1, 0.15) is 23.3 Å². The molecule has 96 valence electrons. The van der Waals surface area contributed by atoms with Gasteiger partial charge in [0.2, 0.25) is 0 Å². The molecular weight excluding hydrogens is 268 g/mol. The lowest BCUT2D eigenvalue weighted by atomic mass is 10.4. The molecule has 0 fully saturated rings. The van der Waals surface area contributed by atoms with Crippen molar-refractivity contribution in [1.29, 1.82) is 5.26 Å². The van der Waals surface area contributed by atoms with E-state index in [1.165, 1.54) is 0 Å². The van der Waals surface area contributed by atoms with E-state index in [4.69, 9.17) is 14.4 Å². The molecule has 2 aromatic heterocycles. The molecule has 0 saturated heterocycles. The van der Waals surface area contributed by atoms with Crippen LogP contribution in [0, 0.1) is 11.3 Å². The van der Waals surface area contributed by atoms with Gasteiger partial charge in [-0.05, 0) is 30.8 Å². The van der Waals surface area contributed by atoms with E-state index < -0.39 is 5.97 Å².